The van der Waals surface area contributed by atoms with Crippen LogP contribution in [0.15, 0.2) is 16.6 Å². The van der Waals surface area contributed by atoms with Gasteiger partial charge in [-0.25, -0.2) is 0 Å². The quantitative estimate of drug-likeness (QED) is 0.738. The molecule has 114 valence electrons. The molecule has 0 saturated heterocycles. The minimum atomic E-state index is 0.0933. The number of rotatable bonds is 7. The summed E-state index contributed by atoms with van der Waals surface area (Å²) < 4.78 is 12.2. The standard InChI is InChI=1S/C16H26BrNO2/c1-6-7-8-20-15-13(17)9-12(10-14(15)19-5)11-18-16(2,3)4/h9-10,18H,6-8,11H2,1-5H3. The Hall–Kier alpha value is -0.740. The second-order valence-corrected chi connectivity index (χ2v) is 6.77. The number of unbranched alkanes of at least 4 members (excludes halogenated alkanes) is 1. The van der Waals surface area contributed by atoms with Gasteiger partial charge in [0.2, 0.25) is 0 Å². The molecule has 0 atom stereocenters. The SMILES string of the molecule is CCCCOc1c(Br)cc(CNC(C)(C)C)cc1OC. The molecule has 1 N–H and O–H groups in total. The molecule has 0 saturated carbocycles. The number of methoxy groups -OCH3 is 1. The fourth-order valence-corrected chi connectivity index (χ4v) is 2.31. The molecule has 0 heterocycles. The molecule has 0 spiro atoms. The van der Waals surface area contributed by atoms with Gasteiger partial charge in [-0.15, -0.1) is 0 Å². The average molecular weight is 344 g/mol. The Morgan fingerprint density at radius 3 is 2.50 bits per heavy atom. The van der Waals surface area contributed by atoms with Crippen LogP contribution in [0, 0.1) is 0 Å². The minimum Gasteiger partial charge on any atom is -0.493 e. The Balaban J connectivity index is 2.83. The number of halogens is 1. The lowest BCUT2D eigenvalue weighted by Gasteiger charge is -2.21. The van der Waals surface area contributed by atoms with Crippen LogP contribution in [0.25, 0.3) is 0 Å². The molecule has 0 bridgehead atoms. The second-order valence-electron chi connectivity index (χ2n) is 5.91. The monoisotopic (exact) mass is 343 g/mol. The van der Waals surface area contributed by atoms with E-state index in [1.165, 1.54) is 5.56 Å². The fourth-order valence-electron chi connectivity index (χ4n) is 1.70. The highest BCUT2D eigenvalue weighted by Crippen LogP contribution is 2.36. The third kappa shape index (κ3) is 5.71. The zero-order chi connectivity index (χ0) is 15.2. The largest absolute Gasteiger partial charge is 0.493 e. The summed E-state index contributed by atoms with van der Waals surface area (Å²) in [5.74, 6) is 1.57. The van der Waals surface area contributed by atoms with Gasteiger partial charge in [-0.3, -0.25) is 0 Å². The fraction of sp³-hybridized carbons (Fsp3) is 0.625. The van der Waals surface area contributed by atoms with Crippen LogP contribution in [0.1, 0.15) is 46.1 Å². The number of hydrogen-bond donors (Lipinski definition) is 1. The molecule has 0 aliphatic carbocycles. The summed E-state index contributed by atoms with van der Waals surface area (Å²) in [7, 11) is 1.68. The first-order valence-electron chi connectivity index (χ1n) is 7.11. The maximum absolute atomic E-state index is 5.81. The Morgan fingerprint density at radius 2 is 1.95 bits per heavy atom. The lowest BCUT2D eigenvalue weighted by Crippen LogP contribution is -2.35. The molecule has 0 aliphatic heterocycles. The Labute approximate surface area is 131 Å². The molecule has 1 rings (SSSR count). The first-order chi connectivity index (χ1) is 9.37. The van der Waals surface area contributed by atoms with Gasteiger partial charge in [0.15, 0.2) is 11.5 Å². The van der Waals surface area contributed by atoms with E-state index in [1.54, 1.807) is 7.11 Å². The molecular formula is C16H26BrNO2. The van der Waals surface area contributed by atoms with Crippen LogP contribution in [0.2, 0.25) is 0 Å². The van der Waals surface area contributed by atoms with Crippen LogP contribution in [0.4, 0.5) is 0 Å². The highest BCUT2D eigenvalue weighted by atomic mass is 79.9. The van der Waals surface area contributed by atoms with Crippen LogP contribution < -0.4 is 14.8 Å². The summed E-state index contributed by atoms with van der Waals surface area (Å²) in [4.78, 5) is 0. The Bertz CT molecular complexity index is 427. The Kier molecular flexibility index (Phi) is 6.83. The number of nitrogens with one attached hydrogen (secondary N) is 1. The number of benzene rings is 1. The van der Waals surface area contributed by atoms with Crippen molar-refractivity contribution in [3.05, 3.63) is 22.2 Å². The van der Waals surface area contributed by atoms with E-state index in [9.17, 15) is 0 Å². The van der Waals surface area contributed by atoms with Crippen LogP contribution in [0.3, 0.4) is 0 Å². The summed E-state index contributed by atoms with van der Waals surface area (Å²) >= 11 is 3.58. The molecule has 0 aromatic heterocycles. The van der Waals surface area contributed by atoms with Crippen LogP contribution in [-0.2, 0) is 6.54 Å². The molecule has 3 nitrogen and oxygen atoms in total. The van der Waals surface area contributed by atoms with Gasteiger partial charge in [-0.05, 0) is 60.8 Å². The normalized spacial score (nSPS) is 11.5. The molecule has 20 heavy (non-hydrogen) atoms. The van der Waals surface area contributed by atoms with E-state index >= 15 is 0 Å². The van der Waals surface area contributed by atoms with Gasteiger partial charge in [-0.1, -0.05) is 13.3 Å². The zero-order valence-electron chi connectivity index (χ0n) is 13.2. The molecule has 0 aliphatic rings. The van der Waals surface area contributed by atoms with Crippen molar-refractivity contribution in [3.8, 4) is 11.5 Å². The first-order valence-corrected chi connectivity index (χ1v) is 7.91. The topological polar surface area (TPSA) is 30.5 Å². The summed E-state index contributed by atoms with van der Waals surface area (Å²) in [6.45, 7) is 10.1. The van der Waals surface area contributed by atoms with Gasteiger partial charge in [0.1, 0.15) is 0 Å². The molecular weight excluding hydrogens is 318 g/mol. The third-order valence-electron chi connectivity index (χ3n) is 2.86. The molecule has 0 amide bonds. The second kappa shape index (κ2) is 7.89. The molecule has 1 aromatic carbocycles. The van der Waals surface area contributed by atoms with E-state index in [-0.39, 0.29) is 5.54 Å². The van der Waals surface area contributed by atoms with Gasteiger partial charge in [-0.2, -0.15) is 0 Å². The van der Waals surface area contributed by atoms with E-state index in [4.69, 9.17) is 9.47 Å². The maximum Gasteiger partial charge on any atom is 0.175 e. The number of hydrogen-bond acceptors (Lipinski definition) is 3. The smallest absolute Gasteiger partial charge is 0.175 e. The third-order valence-corrected chi connectivity index (χ3v) is 3.45. The zero-order valence-corrected chi connectivity index (χ0v) is 14.8. The van der Waals surface area contributed by atoms with E-state index in [2.05, 4.69) is 55.0 Å². The van der Waals surface area contributed by atoms with Crippen molar-refractivity contribution in [2.24, 2.45) is 0 Å². The predicted molar refractivity (Wildman–Crippen MR) is 87.7 cm³/mol. The van der Waals surface area contributed by atoms with Crippen molar-refractivity contribution in [2.45, 2.75) is 52.6 Å². The lowest BCUT2D eigenvalue weighted by molar-refractivity contribution is 0.286. The number of ether oxygens (including phenoxy) is 2. The van der Waals surface area contributed by atoms with Gasteiger partial charge < -0.3 is 14.8 Å². The van der Waals surface area contributed by atoms with Gasteiger partial charge >= 0.3 is 0 Å². The van der Waals surface area contributed by atoms with Crippen LogP contribution >= 0.6 is 15.9 Å². The van der Waals surface area contributed by atoms with E-state index in [1.807, 2.05) is 6.07 Å². The molecule has 4 heteroatoms. The summed E-state index contributed by atoms with van der Waals surface area (Å²) in [6, 6.07) is 4.12. The lowest BCUT2D eigenvalue weighted by atomic mass is 10.1. The van der Waals surface area contributed by atoms with Crippen molar-refractivity contribution in [1.82, 2.24) is 5.32 Å². The molecule has 0 unspecified atom stereocenters. The average Bonchev–Trinajstić information content (AvgIpc) is 2.37. The van der Waals surface area contributed by atoms with Crippen molar-refractivity contribution in [1.29, 1.82) is 0 Å². The van der Waals surface area contributed by atoms with Crippen molar-refractivity contribution >= 4 is 15.9 Å². The maximum atomic E-state index is 5.81. The van der Waals surface area contributed by atoms with E-state index in [0.29, 0.717) is 6.61 Å². The van der Waals surface area contributed by atoms with E-state index in [0.717, 1.165) is 35.4 Å². The van der Waals surface area contributed by atoms with Gasteiger partial charge in [0, 0.05) is 12.1 Å². The predicted octanol–water partition coefficient (Wildman–Crippen LogP) is 4.52. The Morgan fingerprint density at radius 1 is 1.25 bits per heavy atom. The molecule has 0 radical (unpaired) electrons. The van der Waals surface area contributed by atoms with Crippen molar-refractivity contribution < 1.29 is 9.47 Å². The van der Waals surface area contributed by atoms with Crippen LogP contribution in [-0.4, -0.2) is 19.3 Å². The highest BCUT2D eigenvalue weighted by molar-refractivity contribution is 9.10. The van der Waals surface area contributed by atoms with Crippen LogP contribution in [0.5, 0.6) is 11.5 Å². The molecule has 1 aromatic rings. The van der Waals surface area contributed by atoms with Gasteiger partial charge in [0.05, 0.1) is 18.2 Å². The van der Waals surface area contributed by atoms with Crippen molar-refractivity contribution in [3.63, 3.8) is 0 Å². The summed E-state index contributed by atoms with van der Waals surface area (Å²) in [6.07, 6.45) is 2.16. The molecule has 0 fully saturated rings. The van der Waals surface area contributed by atoms with E-state index < -0.39 is 0 Å². The highest BCUT2D eigenvalue weighted by Gasteiger charge is 2.13. The minimum absolute atomic E-state index is 0.0933. The summed E-state index contributed by atoms with van der Waals surface area (Å²) in [5, 5.41) is 3.47. The first kappa shape index (κ1) is 17.3. The van der Waals surface area contributed by atoms with Crippen molar-refractivity contribution in [2.75, 3.05) is 13.7 Å². The summed E-state index contributed by atoms with van der Waals surface area (Å²) in [5.41, 5.74) is 1.27. The van der Waals surface area contributed by atoms with Gasteiger partial charge in [0.25, 0.3) is 0 Å².